The number of rotatable bonds is 6. The van der Waals surface area contributed by atoms with E-state index in [1.807, 2.05) is 30.3 Å². The van der Waals surface area contributed by atoms with Crippen molar-refractivity contribution in [3.05, 3.63) is 71.5 Å². The van der Waals surface area contributed by atoms with Gasteiger partial charge in [0, 0.05) is 31.7 Å². The summed E-state index contributed by atoms with van der Waals surface area (Å²) in [5.74, 6) is -2.18. The Hall–Kier alpha value is -3.79. The molecule has 0 unspecified atom stereocenters. The highest BCUT2D eigenvalue weighted by molar-refractivity contribution is 5.95. The van der Waals surface area contributed by atoms with Gasteiger partial charge < -0.3 is 25.6 Å². The van der Waals surface area contributed by atoms with Crippen LogP contribution in [0.3, 0.4) is 0 Å². The van der Waals surface area contributed by atoms with E-state index in [9.17, 15) is 23.6 Å². The van der Waals surface area contributed by atoms with Crippen molar-refractivity contribution in [1.29, 1.82) is 0 Å². The largest absolute Gasteiger partial charge is 0.379 e. The molecule has 0 aromatic heterocycles. The third-order valence-corrected chi connectivity index (χ3v) is 8.06. The number of carbonyl (C=O) groups excluding carboxylic acids is 4. The van der Waals surface area contributed by atoms with Gasteiger partial charge in [0.1, 0.15) is 17.9 Å². The topological polar surface area (TPSA) is 117 Å². The number of halogens is 1. The van der Waals surface area contributed by atoms with Crippen molar-refractivity contribution in [2.45, 2.75) is 88.9 Å². The van der Waals surface area contributed by atoms with E-state index >= 15 is 0 Å². The van der Waals surface area contributed by atoms with Gasteiger partial charge >= 0.3 is 0 Å². The molecule has 3 N–H and O–H groups in total. The monoisotopic (exact) mass is 594 g/mol. The minimum absolute atomic E-state index is 0.0631. The molecule has 2 saturated heterocycles. The number of ether oxygens (including phenoxy) is 1. The number of nitrogens with one attached hydrogen (secondary N) is 3. The molecule has 4 amide bonds. The molecule has 0 radical (unpaired) electrons. The number of likely N-dealkylation sites (tertiary alicyclic amines) is 1. The highest BCUT2D eigenvalue weighted by atomic mass is 19.1. The Morgan fingerprint density at radius 2 is 1.63 bits per heavy atom. The molecular formula is C33H43FN4O5. The summed E-state index contributed by atoms with van der Waals surface area (Å²) in [5, 5.41) is 8.15. The Kier molecular flexibility index (Phi) is 12.5. The molecule has 9 nitrogen and oxygen atoms in total. The second-order valence-electron chi connectivity index (χ2n) is 11.3. The lowest BCUT2D eigenvalue weighted by atomic mass is 10.0. The first-order chi connectivity index (χ1) is 20.9. The number of nitrogens with zero attached hydrogens (tertiary/aromatic N) is 1. The molecule has 0 spiro atoms. The summed E-state index contributed by atoms with van der Waals surface area (Å²) >= 11 is 0. The maximum absolute atomic E-state index is 14.1. The Labute approximate surface area is 252 Å². The Morgan fingerprint density at radius 3 is 2.42 bits per heavy atom. The fourth-order valence-electron chi connectivity index (χ4n) is 5.66. The van der Waals surface area contributed by atoms with Crippen molar-refractivity contribution >= 4 is 23.6 Å². The second kappa shape index (κ2) is 16.7. The number of carbonyl (C=O) groups is 4. The van der Waals surface area contributed by atoms with Crippen molar-refractivity contribution in [1.82, 2.24) is 20.9 Å². The first-order valence-corrected chi connectivity index (χ1v) is 15.5. The summed E-state index contributed by atoms with van der Waals surface area (Å²) in [6, 6.07) is 13.6. The molecule has 2 aliphatic heterocycles. The molecule has 2 aliphatic rings. The Morgan fingerprint density at radius 1 is 0.907 bits per heavy atom. The SMILES string of the molecule is O=C1CCCCCCCCOC[C@@H](C(=O)NCc2ccccc2F)NC(=O)[C@H](CC(=O)N2CCC[C@@H]2c2ccccc2)N1. The van der Waals surface area contributed by atoms with Crippen molar-refractivity contribution in [3.63, 3.8) is 0 Å². The van der Waals surface area contributed by atoms with Crippen LogP contribution < -0.4 is 16.0 Å². The smallest absolute Gasteiger partial charge is 0.245 e. The van der Waals surface area contributed by atoms with Gasteiger partial charge in [-0.3, -0.25) is 19.2 Å². The zero-order chi connectivity index (χ0) is 30.4. The van der Waals surface area contributed by atoms with Crippen molar-refractivity contribution in [3.8, 4) is 0 Å². The third kappa shape index (κ3) is 9.88. The van der Waals surface area contributed by atoms with Crippen LogP contribution in [-0.4, -0.2) is 60.4 Å². The zero-order valence-electron chi connectivity index (χ0n) is 24.7. The van der Waals surface area contributed by atoms with E-state index in [1.54, 1.807) is 23.1 Å². The maximum atomic E-state index is 14.1. The number of amides is 4. The fraction of sp³-hybridized carbons (Fsp3) is 0.515. The van der Waals surface area contributed by atoms with E-state index in [0.29, 0.717) is 25.1 Å². The van der Waals surface area contributed by atoms with Gasteiger partial charge in [-0.1, -0.05) is 74.2 Å². The molecule has 0 saturated carbocycles. The van der Waals surface area contributed by atoms with E-state index in [2.05, 4.69) is 16.0 Å². The average molecular weight is 595 g/mol. The lowest BCUT2D eigenvalue weighted by molar-refractivity contribution is -0.138. The van der Waals surface area contributed by atoms with E-state index in [1.165, 1.54) is 6.07 Å². The van der Waals surface area contributed by atoms with Crippen molar-refractivity contribution in [2.24, 2.45) is 0 Å². The van der Waals surface area contributed by atoms with Gasteiger partial charge in [0.05, 0.1) is 19.1 Å². The summed E-state index contributed by atoms with van der Waals surface area (Å²) in [6.07, 6.45) is 7.07. The number of benzene rings is 2. The van der Waals surface area contributed by atoms with Crippen LogP contribution in [0, 0.1) is 5.82 Å². The van der Waals surface area contributed by atoms with Crippen molar-refractivity contribution in [2.75, 3.05) is 19.8 Å². The predicted molar refractivity (Wildman–Crippen MR) is 160 cm³/mol. The Bertz CT molecular complexity index is 1230. The van der Waals surface area contributed by atoms with Gasteiger partial charge in [-0.05, 0) is 37.3 Å². The lowest BCUT2D eigenvalue weighted by Crippen LogP contribution is -2.56. The number of hydrogen-bond donors (Lipinski definition) is 3. The van der Waals surface area contributed by atoms with Gasteiger partial charge in [0.2, 0.25) is 23.6 Å². The van der Waals surface area contributed by atoms with Gasteiger partial charge in [0.25, 0.3) is 0 Å². The summed E-state index contributed by atoms with van der Waals surface area (Å²) in [6.45, 7) is 0.842. The quantitative estimate of drug-likeness (QED) is 0.469. The van der Waals surface area contributed by atoms with Crippen LogP contribution in [0.15, 0.2) is 54.6 Å². The average Bonchev–Trinajstić information content (AvgIpc) is 3.51. The van der Waals surface area contributed by atoms with E-state index in [0.717, 1.165) is 50.5 Å². The van der Waals surface area contributed by atoms with Gasteiger partial charge in [-0.2, -0.15) is 0 Å². The van der Waals surface area contributed by atoms with Crippen LogP contribution in [0.2, 0.25) is 0 Å². The number of hydrogen-bond acceptors (Lipinski definition) is 5. The summed E-state index contributed by atoms with van der Waals surface area (Å²) in [4.78, 5) is 55.0. The van der Waals surface area contributed by atoms with Crippen LogP contribution in [0.25, 0.3) is 0 Å². The Balaban J connectivity index is 1.48. The predicted octanol–water partition coefficient (Wildman–Crippen LogP) is 3.93. The molecule has 232 valence electrons. The second-order valence-corrected chi connectivity index (χ2v) is 11.3. The fourth-order valence-corrected chi connectivity index (χ4v) is 5.66. The van der Waals surface area contributed by atoms with Crippen LogP contribution in [0.1, 0.15) is 81.4 Å². The zero-order valence-corrected chi connectivity index (χ0v) is 24.7. The van der Waals surface area contributed by atoms with Crippen LogP contribution >= 0.6 is 0 Å². The molecule has 2 aromatic carbocycles. The molecule has 4 rings (SSSR count). The lowest BCUT2D eigenvalue weighted by Gasteiger charge is -2.28. The molecule has 3 atom stereocenters. The summed E-state index contributed by atoms with van der Waals surface area (Å²) in [7, 11) is 0. The third-order valence-electron chi connectivity index (χ3n) is 8.06. The summed E-state index contributed by atoms with van der Waals surface area (Å²) in [5.41, 5.74) is 1.34. The summed E-state index contributed by atoms with van der Waals surface area (Å²) < 4.78 is 19.9. The molecular weight excluding hydrogens is 551 g/mol. The molecule has 2 fully saturated rings. The van der Waals surface area contributed by atoms with Gasteiger partial charge in [-0.25, -0.2) is 4.39 Å². The molecule has 0 bridgehead atoms. The molecule has 43 heavy (non-hydrogen) atoms. The molecule has 0 aliphatic carbocycles. The van der Waals surface area contributed by atoms with Crippen LogP contribution in [0.4, 0.5) is 4.39 Å². The van der Waals surface area contributed by atoms with Crippen molar-refractivity contribution < 1.29 is 28.3 Å². The van der Waals surface area contributed by atoms with E-state index in [-0.39, 0.29) is 43.8 Å². The standard InChI is InChI=1S/C33H43FN4O5/c34-26-16-10-9-15-25(26)22-35-32(41)28-23-43-20-11-4-2-1-3-8-18-30(39)36-27(33(42)37-28)21-31(40)38-19-12-17-29(38)24-13-6-5-7-14-24/h5-7,9-10,13-16,27-29H,1-4,8,11-12,17-23H2,(H,35,41)(H,36,39)(H,37,42)/t27-,28-,29+/m0/s1. The molecule has 2 heterocycles. The van der Waals surface area contributed by atoms with Gasteiger partial charge in [0.15, 0.2) is 0 Å². The minimum atomic E-state index is -1.16. The first-order valence-electron chi connectivity index (χ1n) is 15.5. The normalized spacial score (nSPS) is 22.8. The highest BCUT2D eigenvalue weighted by Crippen LogP contribution is 2.32. The van der Waals surface area contributed by atoms with Gasteiger partial charge in [-0.15, -0.1) is 0 Å². The van der Waals surface area contributed by atoms with E-state index < -0.39 is 29.7 Å². The molecule has 2 aromatic rings. The van der Waals surface area contributed by atoms with Crippen LogP contribution in [-0.2, 0) is 30.5 Å². The van der Waals surface area contributed by atoms with E-state index in [4.69, 9.17) is 4.74 Å². The molecule has 10 heteroatoms. The van der Waals surface area contributed by atoms with Crippen LogP contribution in [0.5, 0.6) is 0 Å². The first kappa shape index (κ1) is 32.1. The minimum Gasteiger partial charge on any atom is -0.379 e. The highest BCUT2D eigenvalue weighted by Gasteiger charge is 2.34. The maximum Gasteiger partial charge on any atom is 0.245 e.